The van der Waals surface area contributed by atoms with Gasteiger partial charge in [0.15, 0.2) is 0 Å². The Kier molecular flexibility index (Phi) is 6.13. The molecule has 0 saturated carbocycles. The fraction of sp³-hybridized carbons (Fsp3) is 0.235. The largest absolute Gasteiger partial charge is 0.314 e. The van der Waals surface area contributed by atoms with E-state index in [4.69, 9.17) is 23.2 Å². The van der Waals surface area contributed by atoms with Crippen LogP contribution in [0.2, 0.25) is 10.0 Å². The molecule has 0 radical (unpaired) electrons. The smallest absolute Gasteiger partial charge is 0.244 e. The Morgan fingerprint density at radius 1 is 1.08 bits per heavy atom. The third-order valence-electron chi connectivity index (χ3n) is 3.88. The molecule has 136 valence electrons. The molecule has 2 aromatic rings. The van der Waals surface area contributed by atoms with Crippen molar-refractivity contribution >= 4 is 45.0 Å². The van der Waals surface area contributed by atoms with Crippen molar-refractivity contribution < 1.29 is 8.42 Å². The summed E-state index contributed by atoms with van der Waals surface area (Å²) < 4.78 is 27.7. The summed E-state index contributed by atoms with van der Waals surface area (Å²) in [6, 6.07) is 11.7. The van der Waals surface area contributed by atoms with E-state index in [0.29, 0.717) is 51.6 Å². The molecule has 1 saturated heterocycles. The van der Waals surface area contributed by atoms with E-state index in [1.807, 2.05) is 6.07 Å². The van der Waals surface area contributed by atoms with Gasteiger partial charge in [-0.25, -0.2) is 8.42 Å². The number of sulfonamides is 1. The summed E-state index contributed by atoms with van der Waals surface area (Å²) in [6.07, 6.45) is 0. The minimum atomic E-state index is -3.72. The van der Waals surface area contributed by atoms with Crippen LogP contribution < -0.4 is 5.32 Å². The van der Waals surface area contributed by atoms with E-state index in [-0.39, 0.29) is 4.90 Å². The third-order valence-corrected chi connectivity index (χ3v) is 7.76. The van der Waals surface area contributed by atoms with Crippen molar-refractivity contribution in [2.75, 3.05) is 26.2 Å². The van der Waals surface area contributed by atoms with Gasteiger partial charge < -0.3 is 5.32 Å². The Bertz CT molecular complexity index is 968. The van der Waals surface area contributed by atoms with Crippen LogP contribution in [-0.2, 0) is 10.0 Å². The van der Waals surface area contributed by atoms with Crippen molar-refractivity contribution in [3.05, 3.63) is 52.0 Å². The minimum absolute atomic E-state index is 0.111. The highest BCUT2D eigenvalue weighted by atomic mass is 35.5. The number of nitriles is 1. The van der Waals surface area contributed by atoms with E-state index in [1.54, 1.807) is 30.3 Å². The summed E-state index contributed by atoms with van der Waals surface area (Å²) in [5.41, 5.74) is 0.292. The molecule has 26 heavy (non-hydrogen) atoms. The first-order valence-corrected chi connectivity index (χ1v) is 10.8. The number of piperazine rings is 1. The van der Waals surface area contributed by atoms with Gasteiger partial charge in [0.1, 0.15) is 0 Å². The molecule has 1 aliphatic heterocycles. The third kappa shape index (κ3) is 4.17. The van der Waals surface area contributed by atoms with Crippen molar-refractivity contribution in [2.24, 2.45) is 0 Å². The molecule has 3 rings (SSSR count). The first kappa shape index (κ1) is 19.5. The summed E-state index contributed by atoms with van der Waals surface area (Å²) in [6.45, 7) is 1.97. The van der Waals surface area contributed by atoms with Gasteiger partial charge in [-0.2, -0.15) is 9.57 Å². The van der Waals surface area contributed by atoms with Gasteiger partial charge in [-0.3, -0.25) is 0 Å². The first-order chi connectivity index (χ1) is 12.4. The lowest BCUT2D eigenvalue weighted by atomic mass is 10.2. The lowest BCUT2D eigenvalue weighted by molar-refractivity contribution is 0.359. The van der Waals surface area contributed by atoms with Gasteiger partial charge in [0.2, 0.25) is 10.0 Å². The highest BCUT2D eigenvalue weighted by Gasteiger charge is 2.29. The zero-order chi connectivity index (χ0) is 18.7. The van der Waals surface area contributed by atoms with Gasteiger partial charge in [-0.05, 0) is 36.4 Å². The Balaban J connectivity index is 2.06. The van der Waals surface area contributed by atoms with E-state index < -0.39 is 10.0 Å². The number of hydrogen-bond donors (Lipinski definition) is 1. The maximum Gasteiger partial charge on any atom is 0.244 e. The van der Waals surface area contributed by atoms with Crippen LogP contribution in [0.4, 0.5) is 0 Å². The lowest BCUT2D eigenvalue weighted by Gasteiger charge is -2.27. The summed E-state index contributed by atoms with van der Waals surface area (Å²) in [5.74, 6) is 0. The second-order valence-electron chi connectivity index (χ2n) is 5.60. The average Bonchev–Trinajstić information content (AvgIpc) is 2.65. The number of halogens is 2. The molecule has 1 aliphatic rings. The van der Waals surface area contributed by atoms with Gasteiger partial charge in [-0.15, -0.1) is 0 Å². The van der Waals surface area contributed by atoms with Crippen molar-refractivity contribution in [3.63, 3.8) is 0 Å². The zero-order valence-electron chi connectivity index (χ0n) is 13.6. The summed E-state index contributed by atoms with van der Waals surface area (Å²) in [4.78, 5) is 1.27. The van der Waals surface area contributed by atoms with Gasteiger partial charge in [-0.1, -0.05) is 35.0 Å². The fourth-order valence-electron chi connectivity index (χ4n) is 2.56. The standard InChI is InChI=1S/C17H15Cl2N3O2S2/c18-13-2-3-14(19)16(10-13)25-15-4-1-12(11-20)9-17(15)26(23,24)22-7-5-21-6-8-22/h1-4,9-10,21H,5-8H2. The van der Waals surface area contributed by atoms with Crippen LogP contribution in [0.5, 0.6) is 0 Å². The van der Waals surface area contributed by atoms with Gasteiger partial charge >= 0.3 is 0 Å². The molecule has 0 bridgehead atoms. The van der Waals surface area contributed by atoms with E-state index in [9.17, 15) is 13.7 Å². The van der Waals surface area contributed by atoms with Crippen molar-refractivity contribution in [2.45, 2.75) is 14.7 Å². The molecule has 0 spiro atoms. The van der Waals surface area contributed by atoms with E-state index in [2.05, 4.69) is 5.32 Å². The number of nitrogens with zero attached hydrogens (tertiary/aromatic N) is 2. The predicted molar refractivity (Wildman–Crippen MR) is 103 cm³/mol. The van der Waals surface area contributed by atoms with Crippen LogP contribution in [0.25, 0.3) is 0 Å². The summed E-state index contributed by atoms with van der Waals surface area (Å²) in [5, 5.41) is 13.3. The normalized spacial score (nSPS) is 15.6. The van der Waals surface area contributed by atoms with Crippen LogP contribution in [0.15, 0.2) is 51.1 Å². The Labute approximate surface area is 167 Å². The molecule has 1 N–H and O–H groups in total. The van der Waals surface area contributed by atoms with Crippen molar-refractivity contribution in [1.29, 1.82) is 5.26 Å². The van der Waals surface area contributed by atoms with Crippen LogP contribution in [0, 0.1) is 11.3 Å². The minimum Gasteiger partial charge on any atom is -0.314 e. The lowest BCUT2D eigenvalue weighted by Crippen LogP contribution is -2.46. The Morgan fingerprint density at radius 3 is 2.50 bits per heavy atom. The summed E-state index contributed by atoms with van der Waals surface area (Å²) >= 11 is 13.5. The van der Waals surface area contributed by atoms with E-state index >= 15 is 0 Å². The molecule has 0 amide bonds. The molecule has 9 heteroatoms. The SMILES string of the molecule is N#Cc1ccc(Sc2cc(Cl)ccc2Cl)c(S(=O)(=O)N2CCNCC2)c1. The second kappa shape index (κ2) is 8.17. The maximum absolute atomic E-state index is 13.1. The molecule has 0 aromatic heterocycles. The highest BCUT2D eigenvalue weighted by Crippen LogP contribution is 2.39. The molecule has 0 unspecified atom stereocenters. The van der Waals surface area contributed by atoms with Gasteiger partial charge in [0.25, 0.3) is 0 Å². The quantitative estimate of drug-likeness (QED) is 0.806. The maximum atomic E-state index is 13.1. The van der Waals surface area contributed by atoms with Crippen molar-refractivity contribution in [3.8, 4) is 6.07 Å². The molecule has 1 heterocycles. The monoisotopic (exact) mass is 427 g/mol. The number of benzene rings is 2. The van der Waals surface area contributed by atoms with Gasteiger partial charge in [0.05, 0.1) is 21.6 Å². The Hall–Kier alpha value is -1.27. The molecular weight excluding hydrogens is 413 g/mol. The number of nitrogens with one attached hydrogen (secondary N) is 1. The van der Waals surface area contributed by atoms with Crippen LogP contribution in [-0.4, -0.2) is 38.9 Å². The predicted octanol–water partition coefficient (Wildman–Crippen LogP) is 3.61. The Morgan fingerprint density at radius 2 is 1.81 bits per heavy atom. The average molecular weight is 428 g/mol. The van der Waals surface area contributed by atoms with E-state index in [0.717, 1.165) is 0 Å². The molecule has 5 nitrogen and oxygen atoms in total. The van der Waals surface area contributed by atoms with Crippen LogP contribution in [0.1, 0.15) is 5.56 Å². The fourth-order valence-corrected chi connectivity index (χ4v) is 5.90. The molecule has 0 atom stereocenters. The summed E-state index contributed by atoms with van der Waals surface area (Å²) in [7, 11) is -3.72. The van der Waals surface area contributed by atoms with E-state index in [1.165, 1.54) is 22.1 Å². The second-order valence-corrected chi connectivity index (χ2v) is 9.44. The number of hydrogen-bond acceptors (Lipinski definition) is 5. The topological polar surface area (TPSA) is 73.2 Å². The molecule has 0 aliphatic carbocycles. The molecule has 1 fully saturated rings. The zero-order valence-corrected chi connectivity index (χ0v) is 16.7. The number of rotatable bonds is 4. The highest BCUT2D eigenvalue weighted by molar-refractivity contribution is 8.00. The first-order valence-electron chi connectivity index (χ1n) is 7.80. The van der Waals surface area contributed by atoms with Crippen molar-refractivity contribution in [1.82, 2.24) is 9.62 Å². The van der Waals surface area contributed by atoms with Gasteiger partial charge in [0, 0.05) is 41.0 Å². The molecular formula is C17H15Cl2N3O2S2. The van der Waals surface area contributed by atoms with Crippen LogP contribution in [0.3, 0.4) is 0 Å². The molecule has 2 aromatic carbocycles. The van der Waals surface area contributed by atoms with Crippen LogP contribution >= 0.6 is 35.0 Å².